The molecule has 0 fully saturated rings. The molecule has 1 rings (SSSR count). The lowest BCUT2D eigenvalue weighted by atomic mass is 10.2. The topological polar surface area (TPSA) is 12.4 Å². The fourth-order valence-electron chi connectivity index (χ4n) is 1.02. The van der Waals surface area contributed by atoms with Crippen molar-refractivity contribution in [1.29, 1.82) is 0 Å². The van der Waals surface area contributed by atoms with Gasteiger partial charge < -0.3 is 0 Å². The van der Waals surface area contributed by atoms with Crippen LogP contribution < -0.4 is 0 Å². The van der Waals surface area contributed by atoms with Crippen molar-refractivity contribution in [1.82, 2.24) is 0 Å². The third-order valence-corrected chi connectivity index (χ3v) is 4.12. The molecule has 0 spiro atoms. The highest BCUT2D eigenvalue weighted by molar-refractivity contribution is 8.24. The van der Waals surface area contributed by atoms with E-state index < -0.39 is 0 Å². The molecule has 11 heavy (non-hydrogen) atoms. The van der Waals surface area contributed by atoms with Gasteiger partial charge in [-0.15, -0.1) is 23.5 Å². The first-order valence-electron chi connectivity index (χ1n) is 4.19. The van der Waals surface area contributed by atoms with Crippen LogP contribution in [0, 0.1) is 0 Å². The number of rotatable bonds is 4. The first-order valence-corrected chi connectivity index (χ1v) is 6.18. The Bertz CT molecular complexity index is 125. The van der Waals surface area contributed by atoms with Crippen LogP contribution in [0.15, 0.2) is 4.99 Å². The average molecular weight is 189 g/mol. The maximum atomic E-state index is 4.16. The maximum Gasteiger partial charge on any atom is 0.0861 e. The minimum absolute atomic E-state index is 0.791. The van der Waals surface area contributed by atoms with E-state index in [4.69, 9.17) is 0 Å². The highest BCUT2D eigenvalue weighted by Gasteiger charge is 2.10. The number of aliphatic imine (C=N–C) groups is 1. The van der Waals surface area contributed by atoms with Crippen molar-refractivity contribution in [3.63, 3.8) is 0 Å². The van der Waals surface area contributed by atoms with Gasteiger partial charge >= 0.3 is 0 Å². The zero-order valence-corrected chi connectivity index (χ0v) is 8.59. The van der Waals surface area contributed by atoms with Crippen LogP contribution in [0.3, 0.4) is 0 Å². The Balaban J connectivity index is 2.02. The van der Waals surface area contributed by atoms with Crippen LogP contribution in [0.25, 0.3) is 0 Å². The van der Waals surface area contributed by atoms with Crippen LogP contribution in [0.4, 0.5) is 0 Å². The van der Waals surface area contributed by atoms with Crippen LogP contribution >= 0.6 is 23.5 Å². The first-order chi connectivity index (χ1) is 5.43. The molecule has 1 atom stereocenters. The summed E-state index contributed by atoms with van der Waals surface area (Å²) in [5.74, 6) is 0.976. The minimum Gasteiger partial charge on any atom is -0.276 e. The lowest BCUT2D eigenvalue weighted by Gasteiger charge is -2.15. The Morgan fingerprint density at radius 3 is 3.09 bits per heavy atom. The van der Waals surface area contributed by atoms with Crippen molar-refractivity contribution in [3.8, 4) is 0 Å². The summed E-state index contributed by atoms with van der Waals surface area (Å²) >= 11 is 3.86. The van der Waals surface area contributed by atoms with Gasteiger partial charge in [0.2, 0.25) is 0 Å². The number of unbranched alkanes of at least 4 members (excludes halogenated alkanes) is 2. The van der Waals surface area contributed by atoms with Gasteiger partial charge in [-0.2, -0.15) is 0 Å². The van der Waals surface area contributed by atoms with Crippen molar-refractivity contribution < 1.29 is 0 Å². The van der Waals surface area contributed by atoms with Gasteiger partial charge in [0.05, 0.1) is 16.0 Å². The predicted molar refractivity (Wildman–Crippen MR) is 56.5 cm³/mol. The third kappa shape index (κ3) is 4.06. The zero-order chi connectivity index (χ0) is 7.94. The molecule has 0 aromatic rings. The van der Waals surface area contributed by atoms with E-state index in [9.17, 15) is 0 Å². The molecule has 3 heteroatoms. The molecule has 0 N–H and O–H groups in total. The summed E-state index contributed by atoms with van der Waals surface area (Å²) < 4.78 is 0.791. The second-order valence-corrected chi connectivity index (χ2v) is 5.16. The van der Waals surface area contributed by atoms with E-state index >= 15 is 0 Å². The number of nitrogens with zero attached hydrogens (tertiary/aromatic N) is 1. The van der Waals surface area contributed by atoms with E-state index in [1.807, 2.05) is 29.1 Å². The Kier molecular flexibility index (Phi) is 5.12. The summed E-state index contributed by atoms with van der Waals surface area (Å²) in [4.78, 5) is 4.16. The lowest BCUT2D eigenvalue weighted by Crippen LogP contribution is -2.01. The first kappa shape index (κ1) is 9.46. The molecule has 0 aliphatic carbocycles. The van der Waals surface area contributed by atoms with Crippen molar-refractivity contribution in [2.75, 3.05) is 5.88 Å². The van der Waals surface area contributed by atoms with E-state index in [1.165, 1.54) is 25.7 Å². The molecule has 0 aromatic carbocycles. The van der Waals surface area contributed by atoms with Crippen molar-refractivity contribution >= 4 is 29.1 Å². The quantitative estimate of drug-likeness (QED) is 0.629. The molecule has 1 nitrogen and oxygen atoms in total. The zero-order valence-electron chi connectivity index (χ0n) is 6.95. The largest absolute Gasteiger partial charge is 0.276 e. The third-order valence-electron chi connectivity index (χ3n) is 1.67. The Morgan fingerprint density at radius 1 is 1.55 bits per heavy atom. The average Bonchev–Trinajstić information content (AvgIpc) is 2.07. The van der Waals surface area contributed by atoms with Crippen LogP contribution in [-0.4, -0.2) is 16.0 Å². The van der Waals surface area contributed by atoms with Crippen LogP contribution in [0.2, 0.25) is 0 Å². The van der Waals surface area contributed by atoms with Crippen LogP contribution in [-0.2, 0) is 0 Å². The number of hydrogen-bond donors (Lipinski definition) is 0. The van der Waals surface area contributed by atoms with E-state index in [2.05, 4.69) is 11.9 Å². The molecule has 1 aliphatic rings. The minimum atomic E-state index is 0.791. The fraction of sp³-hybridized carbons (Fsp3) is 0.875. The molecular formula is C8H15NS2. The molecule has 64 valence electrons. The van der Waals surface area contributed by atoms with Gasteiger partial charge in [-0.3, -0.25) is 4.99 Å². The highest BCUT2D eigenvalue weighted by atomic mass is 32.2. The molecule has 1 unspecified atom stereocenters. The standard InChI is InChI=1S/C8H15NS2/c1-2-3-4-5-8-10-6-9-7-11-8/h6,8H,2-5,7H2,1H3. The molecule has 0 radical (unpaired) electrons. The van der Waals surface area contributed by atoms with Gasteiger partial charge in [-0.25, -0.2) is 0 Å². The Morgan fingerprint density at radius 2 is 2.45 bits per heavy atom. The van der Waals surface area contributed by atoms with Gasteiger partial charge in [0.1, 0.15) is 0 Å². The van der Waals surface area contributed by atoms with Crippen LogP contribution in [0.1, 0.15) is 32.6 Å². The molecular weight excluding hydrogens is 174 g/mol. The SMILES string of the molecule is CCCCCC1SC=NCS1. The molecule has 0 saturated carbocycles. The molecule has 1 heterocycles. The fourth-order valence-corrected chi connectivity index (χ4v) is 3.02. The van der Waals surface area contributed by atoms with Gasteiger partial charge in [0.15, 0.2) is 0 Å². The molecule has 1 aliphatic heterocycles. The van der Waals surface area contributed by atoms with Crippen molar-refractivity contribution in [3.05, 3.63) is 0 Å². The molecule has 0 aromatic heterocycles. The Labute approximate surface area is 77.4 Å². The van der Waals surface area contributed by atoms with Gasteiger partial charge in [0, 0.05) is 0 Å². The summed E-state index contributed by atoms with van der Waals surface area (Å²) in [7, 11) is 0. The van der Waals surface area contributed by atoms with Gasteiger partial charge in [-0.1, -0.05) is 26.2 Å². The molecule has 0 bridgehead atoms. The van der Waals surface area contributed by atoms with Crippen molar-refractivity contribution in [2.45, 2.75) is 37.2 Å². The summed E-state index contributed by atoms with van der Waals surface area (Å²) in [6, 6.07) is 0. The van der Waals surface area contributed by atoms with Crippen molar-refractivity contribution in [2.24, 2.45) is 4.99 Å². The normalized spacial score (nSPS) is 23.9. The predicted octanol–water partition coefficient (Wildman–Crippen LogP) is 3.36. The van der Waals surface area contributed by atoms with E-state index in [-0.39, 0.29) is 0 Å². The monoisotopic (exact) mass is 189 g/mol. The molecule has 0 saturated heterocycles. The second kappa shape index (κ2) is 5.95. The summed E-state index contributed by atoms with van der Waals surface area (Å²) in [5, 5.41) is 0. The second-order valence-electron chi connectivity index (χ2n) is 2.65. The van der Waals surface area contributed by atoms with Gasteiger partial charge in [0.25, 0.3) is 0 Å². The summed E-state index contributed by atoms with van der Waals surface area (Å²) in [5.41, 5.74) is 2.01. The Hall–Kier alpha value is 0.370. The molecule has 0 amide bonds. The summed E-state index contributed by atoms with van der Waals surface area (Å²) in [6.45, 7) is 2.25. The number of thioether (sulfide) groups is 2. The van der Waals surface area contributed by atoms with Crippen LogP contribution in [0.5, 0.6) is 0 Å². The number of hydrogen-bond acceptors (Lipinski definition) is 3. The highest BCUT2D eigenvalue weighted by Crippen LogP contribution is 2.30. The lowest BCUT2D eigenvalue weighted by molar-refractivity contribution is 0.697. The van der Waals surface area contributed by atoms with E-state index in [0.717, 1.165) is 10.5 Å². The van der Waals surface area contributed by atoms with E-state index in [0.29, 0.717) is 0 Å². The van der Waals surface area contributed by atoms with E-state index in [1.54, 1.807) is 0 Å². The maximum absolute atomic E-state index is 4.16. The smallest absolute Gasteiger partial charge is 0.0861 e. The summed E-state index contributed by atoms with van der Waals surface area (Å²) in [6.07, 6.45) is 5.45. The van der Waals surface area contributed by atoms with Gasteiger partial charge in [-0.05, 0) is 6.42 Å².